The predicted octanol–water partition coefficient (Wildman–Crippen LogP) is 2.19. The van der Waals surface area contributed by atoms with Crippen LogP contribution < -0.4 is 10.6 Å². The lowest BCUT2D eigenvalue weighted by Gasteiger charge is -2.40. The number of hydrogen-bond donors (Lipinski definition) is 2. The number of rotatable bonds is 4. The fourth-order valence-corrected chi connectivity index (χ4v) is 4.52. The second kappa shape index (κ2) is 6.72. The van der Waals surface area contributed by atoms with E-state index in [0.717, 1.165) is 44.2 Å². The molecule has 0 aromatic carbocycles. The van der Waals surface area contributed by atoms with E-state index in [9.17, 15) is 9.59 Å². The number of pyridine rings is 1. The lowest BCUT2D eigenvalue weighted by Crippen LogP contribution is -2.55. The summed E-state index contributed by atoms with van der Waals surface area (Å²) in [5.41, 5.74) is 0.668. The summed E-state index contributed by atoms with van der Waals surface area (Å²) in [6.07, 6.45) is 8.33. The Labute approximate surface area is 158 Å². The van der Waals surface area contributed by atoms with Crippen LogP contribution in [0.25, 0.3) is 0 Å². The number of hydrogen-bond acceptors (Lipinski definition) is 5. The SMILES string of the molecule is Cc1cccc(C(=O)N[C@]23CCCC(NC(=O)c4ncccn4)(CC2)C3)n1. The Kier molecular flexibility index (Phi) is 4.37. The molecule has 7 heteroatoms. The second-order valence-corrected chi connectivity index (χ2v) is 7.74. The van der Waals surface area contributed by atoms with Crippen molar-refractivity contribution < 1.29 is 9.59 Å². The molecule has 2 aromatic heterocycles. The zero-order valence-electron chi connectivity index (χ0n) is 15.4. The van der Waals surface area contributed by atoms with Crippen LogP contribution in [0.4, 0.5) is 0 Å². The molecule has 0 radical (unpaired) electrons. The molecule has 2 aliphatic carbocycles. The molecule has 4 rings (SSSR count). The first-order chi connectivity index (χ1) is 13.0. The van der Waals surface area contributed by atoms with E-state index in [1.165, 1.54) is 0 Å². The highest BCUT2D eigenvalue weighted by Gasteiger charge is 2.52. The first-order valence-electron chi connectivity index (χ1n) is 9.35. The zero-order valence-corrected chi connectivity index (χ0v) is 15.4. The van der Waals surface area contributed by atoms with Gasteiger partial charge in [0.25, 0.3) is 11.8 Å². The zero-order chi connectivity index (χ0) is 18.9. The molecule has 27 heavy (non-hydrogen) atoms. The molecule has 2 aromatic rings. The molecular formula is C20H23N5O2. The van der Waals surface area contributed by atoms with Crippen molar-refractivity contribution in [1.29, 1.82) is 0 Å². The molecule has 0 saturated heterocycles. The predicted molar refractivity (Wildman–Crippen MR) is 99.1 cm³/mol. The molecule has 2 fully saturated rings. The van der Waals surface area contributed by atoms with Crippen molar-refractivity contribution >= 4 is 11.8 Å². The Morgan fingerprint density at radius 3 is 2.26 bits per heavy atom. The standard InChI is InChI=1S/C20H23N5O2/c1-14-5-2-6-15(23-14)17(26)24-19-7-3-8-20(13-19,10-9-19)25-18(27)16-21-11-4-12-22-16/h2,4-6,11-12H,3,7-10,13H2,1H3,(H,24,26)(H,25,27)/t19-,20?/m1/s1. The number of nitrogens with one attached hydrogen (secondary N) is 2. The van der Waals surface area contributed by atoms with E-state index in [-0.39, 0.29) is 28.7 Å². The van der Waals surface area contributed by atoms with Crippen LogP contribution in [0.1, 0.15) is 65.3 Å². The molecule has 2 aliphatic rings. The van der Waals surface area contributed by atoms with Crippen LogP contribution in [0.15, 0.2) is 36.7 Å². The van der Waals surface area contributed by atoms with Gasteiger partial charge in [0.1, 0.15) is 5.69 Å². The van der Waals surface area contributed by atoms with Crippen LogP contribution in [0.3, 0.4) is 0 Å². The summed E-state index contributed by atoms with van der Waals surface area (Å²) in [6.45, 7) is 1.87. The maximum absolute atomic E-state index is 12.7. The van der Waals surface area contributed by atoms with Gasteiger partial charge in [-0.15, -0.1) is 0 Å². The number of aryl methyl sites for hydroxylation is 1. The van der Waals surface area contributed by atoms with E-state index in [1.54, 1.807) is 24.5 Å². The monoisotopic (exact) mass is 365 g/mol. The molecule has 2 bridgehead atoms. The number of carbonyl (C=O) groups is 2. The third kappa shape index (κ3) is 3.54. The van der Waals surface area contributed by atoms with E-state index in [1.807, 2.05) is 19.1 Å². The highest BCUT2D eigenvalue weighted by molar-refractivity contribution is 5.93. The molecule has 2 saturated carbocycles. The van der Waals surface area contributed by atoms with Gasteiger partial charge in [-0.05, 0) is 63.6 Å². The molecule has 2 atom stereocenters. The maximum Gasteiger partial charge on any atom is 0.289 e. The van der Waals surface area contributed by atoms with Crippen molar-refractivity contribution in [3.05, 3.63) is 53.9 Å². The first-order valence-corrected chi connectivity index (χ1v) is 9.35. The van der Waals surface area contributed by atoms with Crippen molar-refractivity contribution in [2.75, 3.05) is 0 Å². The third-order valence-corrected chi connectivity index (χ3v) is 5.72. The molecule has 0 aliphatic heterocycles. The van der Waals surface area contributed by atoms with Crippen molar-refractivity contribution in [1.82, 2.24) is 25.6 Å². The number of carbonyl (C=O) groups excluding carboxylic acids is 2. The first kappa shape index (κ1) is 17.6. The third-order valence-electron chi connectivity index (χ3n) is 5.72. The molecule has 2 N–H and O–H groups in total. The lowest BCUT2D eigenvalue weighted by atomic mass is 9.78. The molecule has 7 nitrogen and oxygen atoms in total. The average molecular weight is 365 g/mol. The quantitative estimate of drug-likeness (QED) is 0.866. The lowest BCUT2D eigenvalue weighted by molar-refractivity contribution is 0.0824. The van der Waals surface area contributed by atoms with Crippen LogP contribution in [-0.4, -0.2) is 37.8 Å². The van der Waals surface area contributed by atoms with E-state index in [0.29, 0.717) is 5.69 Å². The summed E-state index contributed by atoms with van der Waals surface area (Å²) in [5.74, 6) is -0.211. The average Bonchev–Trinajstić information content (AvgIpc) is 2.92. The van der Waals surface area contributed by atoms with Gasteiger partial charge in [0, 0.05) is 29.2 Å². The normalized spacial score (nSPS) is 26.4. The van der Waals surface area contributed by atoms with Crippen LogP contribution >= 0.6 is 0 Å². The summed E-state index contributed by atoms with van der Waals surface area (Å²) in [5, 5.41) is 6.38. The van der Waals surface area contributed by atoms with Gasteiger partial charge in [0.15, 0.2) is 0 Å². The minimum atomic E-state index is -0.304. The fourth-order valence-electron chi connectivity index (χ4n) is 4.52. The van der Waals surface area contributed by atoms with Crippen LogP contribution in [0.5, 0.6) is 0 Å². The Morgan fingerprint density at radius 1 is 0.926 bits per heavy atom. The van der Waals surface area contributed by atoms with E-state index >= 15 is 0 Å². The second-order valence-electron chi connectivity index (χ2n) is 7.74. The smallest absolute Gasteiger partial charge is 0.289 e. The summed E-state index contributed by atoms with van der Waals surface area (Å²) in [6, 6.07) is 7.13. The van der Waals surface area contributed by atoms with Gasteiger partial charge in [0.05, 0.1) is 0 Å². The summed E-state index contributed by atoms with van der Waals surface area (Å²) >= 11 is 0. The summed E-state index contributed by atoms with van der Waals surface area (Å²) < 4.78 is 0. The van der Waals surface area contributed by atoms with Crippen molar-refractivity contribution in [2.24, 2.45) is 0 Å². The van der Waals surface area contributed by atoms with E-state index in [2.05, 4.69) is 25.6 Å². The number of fused-ring (bicyclic) bond motifs is 2. The van der Waals surface area contributed by atoms with Crippen molar-refractivity contribution in [3.63, 3.8) is 0 Å². The summed E-state index contributed by atoms with van der Waals surface area (Å²) in [4.78, 5) is 37.7. The van der Waals surface area contributed by atoms with Gasteiger partial charge in [-0.2, -0.15) is 0 Å². The Hall–Kier alpha value is -2.83. The van der Waals surface area contributed by atoms with Crippen LogP contribution in [0.2, 0.25) is 0 Å². The van der Waals surface area contributed by atoms with Gasteiger partial charge in [-0.25, -0.2) is 15.0 Å². The number of amides is 2. The molecule has 0 spiro atoms. The number of nitrogens with zero attached hydrogens (tertiary/aromatic N) is 3. The van der Waals surface area contributed by atoms with Gasteiger partial charge in [-0.1, -0.05) is 6.07 Å². The van der Waals surface area contributed by atoms with Crippen LogP contribution in [-0.2, 0) is 0 Å². The minimum absolute atomic E-state index is 0.144. The molecule has 1 unspecified atom stereocenters. The minimum Gasteiger partial charge on any atom is -0.345 e. The van der Waals surface area contributed by atoms with E-state index < -0.39 is 0 Å². The topological polar surface area (TPSA) is 96.9 Å². The fraction of sp³-hybridized carbons (Fsp3) is 0.450. The highest BCUT2D eigenvalue weighted by Crippen LogP contribution is 2.48. The summed E-state index contributed by atoms with van der Waals surface area (Å²) in [7, 11) is 0. The van der Waals surface area contributed by atoms with Crippen molar-refractivity contribution in [3.8, 4) is 0 Å². The van der Waals surface area contributed by atoms with Gasteiger partial charge in [0.2, 0.25) is 5.82 Å². The van der Waals surface area contributed by atoms with E-state index in [4.69, 9.17) is 0 Å². The molecular weight excluding hydrogens is 342 g/mol. The van der Waals surface area contributed by atoms with Gasteiger partial charge < -0.3 is 10.6 Å². The highest BCUT2D eigenvalue weighted by atomic mass is 16.2. The van der Waals surface area contributed by atoms with Gasteiger partial charge in [-0.3, -0.25) is 9.59 Å². The molecule has 140 valence electrons. The Bertz CT molecular complexity index is 872. The number of aromatic nitrogens is 3. The largest absolute Gasteiger partial charge is 0.345 e. The Morgan fingerprint density at radius 2 is 1.59 bits per heavy atom. The molecule has 2 amide bonds. The van der Waals surface area contributed by atoms with Crippen molar-refractivity contribution in [2.45, 2.75) is 56.5 Å². The van der Waals surface area contributed by atoms with Crippen LogP contribution in [0, 0.1) is 6.92 Å². The molecule has 2 heterocycles. The maximum atomic E-state index is 12.7. The Balaban J connectivity index is 1.48. The van der Waals surface area contributed by atoms with Gasteiger partial charge >= 0.3 is 0 Å².